The predicted molar refractivity (Wildman–Crippen MR) is 77.9 cm³/mol. The minimum Gasteiger partial charge on any atom is -0.379 e. The average Bonchev–Trinajstić information content (AvgIpc) is 2.88. The maximum absolute atomic E-state index is 13.7. The summed E-state index contributed by atoms with van der Waals surface area (Å²) in [6.45, 7) is 5.43. The van der Waals surface area contributed by atoms with Crippen molar-refractivity contribution in [2.45, 2.75) is 33.4 Å². The molecule has 0 atom stereocenters. The van der Waals surface area contributed by atoms with Crippen LogP contribution in [0.1, 0.15) is 30.2 Å². The van der Waals surface area contributed by atoms with Crippen LogP contribution in [0.4, 0.5) is 10.1 Å². The van der Waals surface area contributed by atoms with Gasteiger partial charge in [0.1, 0.15) is 5.82 Å². The highest BCUT2D eigenvalue weighted by Crippen LogP contribution is 2.21. The molecule has 0 amide bonds. The number of aromatic nitrogens is 1. The summed E-state index contributed by atoms with van der Waals surface area (Å²) in [5.74, 6) is -0.351. The summed E-state index contributed by atoms with van der Waals surface area (Å²) in [5, 5.41) is 12.1. The smallest absolute Gasteiger partial charge is 0.129 e. The largest absolute Gasteiger partial charge is 0.379 e. The van der Waals surface area contributed by atoms with Crippen molar-refractivity contribution in [1.82, 2.24) is 4.57 Å². The number of rotatable bonds is 5. The van der Waals surface area contributed by atoms with Crippen LogP contribution in [0.3, 0.4) is 0 Å². The summed E-state index contributed by atoms with van der Waals surface area (Å²) in [7, 11) is 0. The van der Waals surface area contributed by atoms with Crippen molar-refractivity contribution >= 4 is 5.69 Å². The maximum Gasteiger partial charge on any atom is 0.129 e. The molecule has 0 saturated carbocycles. The molecule has 0 unspecified atom stereocenters. The standard InChI is InChI=1S/C16H18FN3/c1-3-6-20-7-4-5-14(20)11-19-16-9-13(10-18)8-15(17)12(16)2/h4-5,7-9,19H,3,6,11H2,1-2H3. The molecule has 3 nitrogen and oxygen atoms in total. The van der Waals surface area contributed by atoms with E-state index < -0.39 is 0 Å². The Hall–Kier alpha value is -2.28. The number of benzene rings is 1. The molecule has 0 saturated heterocycles. The van der Waals surface area contributed by atoms with Gasteiger partial charge in [-0.25, -0.2) is 4.39 Å². The molecular weight excluding hydrogens is 253 g/mol. The van der Waals surface area contributed by atoms with Crippen molar-refractivity contribution in [2.24, 2.45) is 0 Å². The zero-order chi connectivity index (χ0) is 14.5. The van der Waals surface area contributed by atoms with Gasteiger partial charge in [-0.2, -0.15) is 5.26 Å². The highest BCUT2D eigenvalue weighted by atomic mass is 19.1. The third-order valence-electron chi connectivity index (χ3n) is 3.32. The first-order valence-corrected chi connectivity index (χ1v) is 6.73. The van der Waals surface area contributed by atoms with Crippen molar-refractivity contribution in [3.63, 3.8) is 0 Å². The van der Waals surface area contributed by atoms with Crippen LogP contribution < -0.4 is 5.32 Å². The van der Waals surface area contributed by atoms with Crippen LogP contribution in [0.2, 0.25) is 0 Å². The molecule has 0 spiro atoms. The second-order valence-corrected chi connectivity index (χ2v) is 4.79. The van der Waals surface area contributed by atoms with Gasteiger partial charge in [-0.15, -0.1) is 0 Å². The fourth-order valence-corrected chi connectivity index (χ4v) is 2.18. The van der Waals surface area contributed by atoms with Crippen LogP contribution in [-0.4, -0.2) is 4.57 Å². The first-order valence-electron chi connectivity index (χ1n) is 6.73. The minimum absolute atomic E-state index is 0.333. The first-order chi connectivity index (χ1) is 9.65. The van der Waals surface area contributed by atoms with E-state index in [1.165, 1.54) is 6.07 Å². The lowest BCUT2D eigenvalue weighted by atomic mass is 10.1. The van der Waals surface area contributed by atoms with Crippen molar-refractivity contribution in [3.8, 4) is 6.07 Å². The number of aryl methyl sites for hydroxylation is 1. The van der Waals surface area contributed by atoms with E-state index in [0.717, 1.165) is 18.7 Å². The van der Waals surface area contributed by atoms with Gasteiger partial charge in [-0.3, -0.25) is 0 Å². The number of halogens is 1. The maximum atomic E-state index is 13.7. The zero-order valence-corrected chi connectivity index (χ0v) is 11.8. The van der Waals surface area contributed by atoms with Gasteiger partial charge >= 0.3 is 0 Å². The number of nitrogens with zero attached hydrogens (tertiary/aromatic N) is 2. The van der Waals surface area contributed by atoms with Gasteiger partial charge in [0, 0.05) is 29.7 Å². The van der Waals surface area contributed by atoms with Crippen molar-refractivity contribution in [1.29, 1.82) is 5.26 Å². The van der Waals surface area contributed by atoms with Gasteiger partial charge in [-0.05, 0) is 37.6 Å². The average molecular weight is 271 g/mol. The van der Waals surface area contributed by atoms with Crippen LogP contribution in [-0.2, 0) is 13.1 Å². The quantitative estimate of drug-likeness (QED) is 0.897. The fourth-order valence-electron chi connectivity index (χ4n) is 2.18. The predicted octanol–water partition coefficient (Wildman–Crippen LogP) is 3.83. The molecule has 2 aromatic rings. The summed E-state index contributed by atoms with van der Waals surface area (Å²) < 4.78 is 15.9. The van der Waals surface area contributed by atoms with E-state index in [9.17, 15) is 4.39 Å². The van der Waals surface area contributed by atoms with Crippen LogP contribution in [0.25, 0.3) is 0 Å². The summed E-state index contributed by atoms with van der Waals surface area (Å²) in [5.41, 5.74) is 2.69. The SMILES string of the molecule is CCCn1cccc1CNc1cc(C#N)cc(F)c1C. The van der Waals surface area contributed by atoms with E-state index in [-0.39, 0.29) is 5.82 Å². The van der Waals surface area contributed by atoms with Gasteiger partial charge in [0.25, 0.3) is 0 Å². The monoisotopic (exact) mass is 271 g/mol. The lowest BCUT2D eigenvalue weighted by molar-refractivity contribution is 0.618. The highest BCUT2D eigenvalue weighted by Gasteiger charge is 2.08. The highest BCUT2D eigenvalue weighted by molar-refractivity contribution is 5.55. The van der Waals surface area contributed by atoms with Gasteiger partial charge < -0.3 is 9.88 Å². The number of nitrogens with one attached hydrogen (secondary N) is 1. The summed E-state index contributed by atoms with van der Waals surface area (Å²) >= 11 is 0. The lowest BCUT2D eigenvalue weighted by Crippen LogP contribution is -2.08. The Morgan fingerprint density at radius 1 is 1.40 bits per heavy atom. The Labute approximate surface area is 118 Å². The molecule has 0 aliphatic heterocycles. The molecule has 1 heterocycles. The molecule has 20 heavy (non-hydrogen) atoms. The molecule has 0 radical (unpaired) electrons. The summed E-state index contributed by atoms with van der Waals surface area (Å²) in [4.78, 5) is 0. The normalized spacial score (nSPS) is 10.3. The molecule has 104 valence electrons. The molecule has 2 rings (SSSR count). The van der Waals surface area contributed by atoms with Crippen LogP contribution in [0.15, 0.2) is 30.5 Å². The summed E-state index contributed by atoms with van der Waals surface area (Å²) in [6, 6.07) is 8.98. The number of anilines is 1. The Morgan fingerprint density at radius 2 is 2.20 bits per heavy atom. The van der Waals surface area contributed by atoms with Crippen LogP contribution >= 0.6 is 0 Å². The third-order valence-corrected chi connectivity index (χ3v) is 3.32. The molecular formula is C16H18FN3. The van der Waals surface area contributed by atoms with Crippen LogP contribution in [0, 0.1) is 24.1 Å². The molecule has 0 bridgehead atoms. The van der Waals surface area contributed by atoms with E-state index in [2.05, 4.69) is 16.8 Å². The molecule has 0 fully saturated rings. The molecule has 0 aliphatic carbocycles. The molecule has 0 aliphatic rings. The Morgan fingerprint density at radius 3 is 2.90 bits per heavy atom. The molecule has 4 heteroatoms. The summed E-state index contributed by atoms with van der Waals surface area (Å²) in [6.07, 6.45) is 3.11. The van der Waals surface area contributed by atoms with E-state index in [1.807, 2.05) is 24.4 Å². The Bertz CT molecular complexity index is 638. The van der Waals surface area contributed by atoms with Crippen molar-refractivity contribution in [2.75, 3.05) is 5.32 Å². The van der Waals surface area contributed by atoms with Gasteiger partial charge in [0.15, 0.2) is 0 Å². The first kappa shape index (κ1) is 14.1. The number of nitriles is 1. The van der Waals surface area contributed by atoms with E-state index in [1.54, 1.807) is 13.0 Å². The number of hydrogen-bond acceptors (Lipinski definition) is 2. The van der Waals surface area contributed by atoms with Gasteiger partial charge in [-0.1, -0.05) is 6.92 Å². The van der Waals surface area contributed by atoms with Crippen molar-refractivity contribution in [3.05, 3.63) is 53.1 Å². The van der Waals surface area contributed by atoms with E-state index >= 15 is 0 Å². The Balaban J connectivity index is 2.17. The van der Waals surface area contributed by atoms with Gasteiger partial charge in [0.2, 0.25) is 0 Å². The van der Waals surface area contributed by atoms with Gasteiger partial charge in [0.05, 0.1) is 18.2 Å². The zero-order valence-electron chi connectivity index (χ0n) is 11.8. The fraction of sp³-hybridized carbons (Fsp3) is 0.312. The van der Waals surface area contributed by atoms with Crippen LogP contribution in [0.5, 0.6) is 0 Å². The van der Waals surface area contributed by atoms with E-state index in [0.29, 0.717) is 23.4 Å². The van der Waals surface area contributed by atoms with E-state index in [4.69, 9.17) is 5.26 Å². The topological polar surface area (TPSA) is 40.8 Å². The molecule has 1 aromatic heterocycles. The molecule has 1 N–H and O–H groups in total. The third kappa shape index (κ3) is 3.00. The Kier molecular flexibility index (Phi) is 4.41. The second-order valence-electron chi connectivity index (χ2n) is 4.79. The minimum atomic E-state index is -0.351. The lowest BCUT2D eigenvalue weighted by Gasteiger charge is -2.13. The van der Waals surface area contributed by atoms with Crippen molar-refractivity contribution < 1.29 is 4.39 Å². The number of hydrogen-bond donors (Lipinski definition) is 1. The second kappa shape index (κ2) is 6.25. The molecule has 1 aromatic carbocycles.